The maximum absolute atomic E-state index is 4.66. The van der Waals surface area contributed by atoms with Gasteiger partial charge < -0.3 is 4.90 Å². The number of nitrogens with zero attached hydrogens (tertiary/aromatic N) is 5. The number of hydrogen-bond donors (Lipinski definition) is 0. The van der Waals surface area contributed by atoms with Crippen LogP contribution >= 0.6 is 0 Å². The van der Waals surface area contributed by atoms with Crippen molar-refractivity contribution in [3.05, 3.63) is 72.2 Å². The van der Waals surface area contributed by atoms with Crippen molar-refractivity contribution in [2.75, 3.05) is 18.0 Å². The Bertz CT molecular complexity index is 866. The maximum Gasteiger partial charge on any atom is 0.227 e. The van der Waals surface area contributed by atoms with Gasteiger partial charge in [0.2, 0.25) is 5.95 Å². The Morgan fingerprint density at radius 3 is 2.62 bits per heavy atom. The Morgan fingerprint density at radius 1 is 1.04 bits per heavy atom. The van der Waals surface area contributed by atoms with Crippen LogP contribution in [-0.2, 0) is 0 Å². The minimum Gasteiger partial charge on any atom is -0.337 e. The van der Waals surface area contributed by atoms with Gasteiger partial charge in [-0.25, -0.2) is 9.67 Å². The van der Waals surface area contributed by atoms with Crippen molar-refractivity contribution in [1.82, 2.24) is 19.7 Å². The Hall–Kier alpha value is -2.95. The fourth-order valence-corrected chi connectivity index (χ4v) is 2.93. The Labute approximate surface area is 141 Å². The maximum atomic E-state index is 4.66. The lowest BCUT2D eigenvalue weighted by Crippen LogP contribution is -2.30. The van der Waals surface area contributed by atoms with Gasteiger partial charge in [-0.15, -0.1) is 0 Å². The van der Waals surface area contributed by atoms with E-state index in [9.17, 15) is 0 Å². The molecule has 3 aromatic rings. The highest BCUT2D eigenvalue weighted by atomic mass is 15.3. The normalized spacial score (nSPS) is 14.5. The van der Waals surface area contributed by atoms with Crippen molar-refractivity contribution in [2.45, 2.75) is 13.3 Å². The van der Waals surface area contributed by atoms with E-state index in [2.05, 4.69) is 56.4 Å². The van der Waals surface area contributed by atoms with Gasteiger partial charge in [0.05, 0.1) is 5.69 Å². The molecule has 0 atom stereocenters. The van der Waals surface area contributed by atoms with E-state index in [1.54, 1.807) is 10.9 Å². The van der Waals surface area contributed by atoms with E-state index < -0.39 is 0 Å². The number of anilines is 1. The molecule has 0 saturated carbocycles. The summed E-state index contributed by atoms with van der Waals surface area (Å²) in [4.78, 5) is 11.3. The third kappa shape index (κ3) is 2.93. The third-order valence-electron chi connectivity index (χ3n) is 4.22. The molecule has 5 nitrogen and oxygen atoms in total. The lowest BCUT2D eigenvalue weighted by atomic mass is 10.00. The third-order valence-corrected chi connectivity index (χ3v) is 4.22. The van der Waals surface area contributed by atoms with Gasteiger partial charge in [0.25, 0.3) is 0 Å². The van der Waals surface area contributed by atoms with Gasteiger partial charge >= 0.3 is 0 Å². The number of hydrogen-bond acceptors (Lipinski definition) is 4. The molecule has 0 radical (unpaired) electrons. The van der Waals surface area contributed by atoms with Crippen molar-refractivity contribution in [3.63, 3.8) is 0 Å². The quantitative estimate of drug-likeness (QED) is 0.744. The summed E-state index contributed by atoms with van der Waals surface area (Å²) < 4.78 is 1.79. The molecule has 1 aliphatic rings. The first-order valence-electron chi connectivity index (χ1n) is 8.15. The summed E-state index contributed by atoms with van der Waals surface area (Å²) in [6, 6.07) is 14.4. The molecule has 4 rings (SSSR count). The Balaban J connectivity index is 1.55. The zero-order chi connectivity index (χ0) is 16.4. The molecule has 1 aromatic carbocycles. The molecule has 0 aliphatic carbocycles. The van der Waals surface area contributed by atoms with Crippen LogP contribution in [0.5, 0.6) is 0 Å². The number of aromatic nitrogens is 4. The lowest BCUT2D eigenvalue weighted by Gasteiger charge is -2.26. The van der Waals surface area contributed by atoms with Crippen molar-refractivity contribution in [3.8, 4) is 5.82 Å². The van der Waals surface area contributed by atoms with E-state index in [1.807, 2.05) is 25.3 Å². The molecule has 0 amide bonds. The molecule has 0 unspecified atom stereocenters. The van der Waals surface area contributed by atoms with Gasteiger partial charge in [-0.3, -0.25) is 0 Å². The topological polar surface area (TPSA) is 46.8 Å². The summed E-state index contributed by atoms with van der Waals surface area (Å²) in [7, 11) is 0. The number of rotatable bonds is 3. The summed E-state index contributed by atoms with van der Waals surface area (Å²) in [6.07, 6.45) is 6.99. The van der Waals surface area contributed by atoms with Crippen LogP contribution in [0.1, 0.15) is 17.7 Å². The van der Waals surface area contributed by atoms with Crippen LogP contribution in [0.15, 0.2) is 60.9 Å². The molecular formula is C19H19N5. The fraction of sp³-hybridized carbons (Fsp3) is 0.211. The molecule has 0 N–H and O–H groups in total. The lowest BCUT2D eigenvalue weighted by molar-refractivity contribution is 0.773. The van der Waals surface area contributed by atoms with Gasteiger partial charge in [0.15, 0.2) is 5.82 Å². The molecule has 120 valence electrons. The molecule has 0 spiro atoms. The molecule has 5 heteroatoms. The second-order valence-corrected chi connectivity index (χ2v) is 5.91. The molecule has 0 fully saturated rings. The highest BCUT2D eigenvalue weighted by Crippen LogP contribution is 2.24. The van der Waals surface area contributed by atoms with Gasteiger partial charge in [-0.1, -0.05) is 36.4 Å². The minimum atomic E-state index is 0.754. The summed E-state index contributed by atoms with van der Waals surface area (Å²) in [5, 5.41) is 4.41. The molecule has 3 heterocycles. The smallest absolute Gasteiger partial charge is 0.227 e. The van der Waals surface area contributed by atoms with E-state index in [1.165, 1.54) is 11.1 Å². The van der Waals surface area contributed by atoms with Crippen LogP contribution in [0, 0.1) is 6.92 Å². The second-order valence-electron chi connectivity index (χ2n) is 5.91. The van der Waals surface area contributed by atoms with Crippen molar-refractivity contribution < 1.29 is 0 Å². The molecule has 24 heavy (non-hydrogen) atoms. The van der Waals surface area contributed by atoms with Gasteiger partial charge in [-0.05, 0) is 30.5 Å². The second kappa shape index (κ2) is 6.28. The first-order chi connectivity index (χ1) is 11.8. The Kier molecular flexibility index (Phi) is 3.83. The van der Waals surface area contributed by atoms with Gasteiger partial charge in [0.1, 0.15) is 0 Å². The highest BCUT2D eigenvalue weighted by molar-refractivity contribution is 5.68. The van der Waals surface area contributed by atoms with Gasteiger partial charge in [-0.2, -0.15) is 10.1 Å². The predicted molar refractivity (Wildman–Crippen MR) is 95.1 cm³/mol. The zero-order valence-electron chi connectivity index (χ0n) is 13.6. The van der Waals surface area contributed by atoms with Gasteiger partial charge in [0, 0.05) is 31.5 Å². The average Bonchev–Trinajstić information content (AvgIpc) is 3.09. The predicted octanol–water partition coefficient (Wildman–Crippen LogP) is 3.26. The van der Waals surface area contributed by atoms with Crippen LogP contribution in [0.25, 0.3) is 11.4 Å². The minimum absolute atomic E-state index is 0.754. The number of benzene rings is 1. The average molecular weight is 317 g/mol. The van der Waals surface area contributed by atoms with Crippen LogP contribution in [-0.4, -0.2) is 32.8 Å². The summed E-state index contributed by atoms with van der Waals surface area (Å²) in [5.74, 6) is 1.55. The van der Waals surface area contributed by atoms with Crippen LogP contribution in [0.4, 0.5) is 5.95 Å². The molecular weight excluding hydrogens is 298 g/mol. The first-order valence-corrected chi connectivity index (χ1v) is 8.15. The largest absolute Gasteiger partial charge is 0.337 e. The molecule has 1 aliphatic heterocycles. The van der Waals surface area contributed by atoms with E-state index in [0.29, 0.717) is 0 Å². The van der Waals surface area contributed by atoms with E-state index in [4.69, 9.17) is 0 Å². The van der Waals surface area contributed by atoms with Crippen molar-refractivity contribution in [2.24, 2.45) is 0 Å². The van der Waals surface area contributed by atoms with Crippen LogP contribution in [0.3, 0.4) is 0 Å². The first kappa shape index (κ1) is 14.6. The van der Waals surface area contributed by atoms with Crippen molar-refractivity contribution in [1.29, 1.82) is 0 Å². The number of aryl methyl sites for hydroxylation is 1. The standard InChI is InChI=1S/C19H19N5/c1-15-8-14-24(22-15)18-7-11-20-19(21-18)23-12-9-17(10-13-23)16-5-3-2-4-6-16/h2-9,11,14H,10,12-13H2,1H3. The summed E-state index contributed by atoms with van der Waals surface area (Å²) >= 11 is 0. The van der Waals surface area contributed by atoms with Crippen molar-refractivity contribution >= 4 is 11.5 Å². The van der Waals surface area contributed by atoms with E-state index in [0.717, 1.165) is 37.0 Å². The van der Waals surface area contributed by atoms with Crippen LogP contribution in [0.2, 0.25) is 0 Å². The Morgan fingerprint density at radius 2 is 1.92 bits per heavy atom. The zero-order valence-corrected chi connectivity index (χ0v) is 13.6. The summed E-state index contributed by atoms with van der Waals surface area (Å²) in [6.45, 7) is 3.72. The van der Waals surface area contributed by atoms with Crippen LogP contribution < -0.4 is 4.90 Å². The molecule has 0 saturated heterocycles. The highest BCUT2D eigenvalue weighted by Gasteiger charge is 2.16. The molecule has 2 aromatic heterocycles. The monoisotopic (exact) mass is 317 g/mol. The fourth-order valence-electron chi connectivity index (χ4n) is 2.93. The molecule has 0 bridgehead atoms. The van der Waals surface area contributed by atoms with E-state index >= 15 is 0 Å². The van der Waals surface area contributed by atoms with E-state index in [-0.39, 0.29) is 0 Å². The SMILES string of the molecule is Cc1ccn(-c2ccnc(N3CC=C(c4ccccc4)CC3)n2)n1. The summed E-state index contributed by atoms with van der Waals surface area (Å²) in [5.41, 5.74) is 3.67.